The van der Waals surface area contributed by atoms with Gasteiger partial charge in [0, 0.05) is 40.4 Å². The molecule has 264 valence electrons. The molecule has 1 aliphatic heterocycles. The number of benzene rings is 3. The van der Waals surface area contributed by atoms with Crippen molar-refractivity contribution in [2.75, 3.05) is 0 Å². The van der Waals surface area contributed by atoms with Crippen LogP contribution in [0.4, 0.5) is 59.7 Å². The summed E-state index contributed by atoms with van der Waals surface area (Å²) in [5.74, 6) is -3.07. The first kappa shape index (κ1) is 36.0. The van der Waals surface area contributed by atoms with E-state index in [1.54, 1.807) is 24.3 Å². The van der Waals surface area contributed by atoms with Gasteiger partial charge in [-0.2, -0.15) is 65.8 Å². The van der Waals surface area contributed by atoms with Crippen LogP contribution in [0.1, 0.15) is 11.1 Å². The van der Waals surface area contributed by atoms with Gasteiger partial charge in [-0.25, -0.2) is 0 Å². The average molecular weight is 829 g/mol. The minimum atomic E-state index is -5.00. The Morgan fingerprint density at radius 3 is 1.47 bits per heavy atom. The summed E-state index contributed by atoms with van der Waals surface area (Å²) >= 11 is 2.96. The summed E-state index contributed by atoms with van der Waals surface area (Å²) in [5.41, 5.74) is -4.52. The molecule has 0 aliphatic carbocycles. The summed E-state index contributed by atoms with van der Waals surface area (Å²) in [4.78, 5) is 0.379. The van der Waals surface area contributed by atoms with Crippen LogP contribution >= 0.6 is 57.9 Å². The first-order valence-electron chi connectivity index (χ1n) is 13.7. The van der Waals surface area contributed by atoms with Gasteiger partial charge in [-0.3, -0.25) is 0 Å². The first-order valence-corrected chi connectivity index (χ1v) is 18.5. The number of nitrogens with zero attached hydrogens (tertiary/aromatic N) is 4. The van der Waals surface area contributed by atoms with Crippen molar-refractivity contribution in [2.45, 2.75) is 33.4 Å². The Morgan fingerprint density at radius 2 is 1.02 bits per heavy atom. The van der Waals surface area contributed by atoms with Crippen LogP contribution in [-0.2, 0) is 23.7 Å². The molecule has 6 aromatic rings. The van der Waals surface area contributed by atoms with Crippen molar-refractivity contribution in [1.82, 2.24) is 8.75 Å². The van der Waals surface area contributed by atoms with Crippen molar-refractivity contribution < 1.29 is 48.3 Å². The van der Waals surface area contributed by atoms with Gasteiger partial charge >= 0.3 is 17.9 Å². The highest BCUT2D eigenvalue weighted by atomic mass is 32.2. The van der Waals surface area contributed by atoms with E-state index in [4.69, 9.17) is 0 Å². The molecule has 0 N–H and O–H groups in total. The highest BCUT2D eigenvalue weighted by Gasteiger charge is 2.39. The second-order valence-corrected chi connectivity index (χ2v) is 15.7. The molecule has 0 fully saturated rings. The van der Waals surface area contributed by atoms with Gasteiger partial charge in [0.1, 0.15) is 22.4 Å². The van der Waals surface area contributed by atoms with Gasteiger partial charge in [-0.05, 0) is 71.4 Å². The van der Waals surface area contributed by atoms with Gasteiger partial charge in [0.25, 0.3) is 5.76 Å². The zero-order valence-electron chi connectivity index (χ0n) is 24.2. The second-order valence-electron chi connectivity index (χ2n) is 10.3. The Morgan fingerprint density at radius 1 is 0.569 bits per heavy atom. The lowest BCUT2D eigenvalue weighted by atomic mass is 10.0. The number of thiophene rings is 2. The van der Waals surface area contributed by atoms with E-state index in [0.717, 1.165) is 70.0 Å². The number of rotatable bonds is 7. The number of alkyl halides is 11. The monoisotopic (exact) mass is 828 g/mol. The Labute approximate surface area is 303 Å². The van der Waals surface area contributed by atoms with Crippen LogP contribution in [0.2, 0.25) is 0 Å². The number of halogens is 11. The highest BCUT2D eigenvalue weighted by molar-refractivity contribution is 8.00. The van der Waals surface area contributed by atoms with Crippen LogP contribution in [0.3, 0.4) is 0 Å². The van der Waals surface area contributed by atoms with Gasteiger partial charge in [0.2, 0.25) is 0 Å². The molecule has 7 rings (SSSR count). The first-order chi connectivity index (χ1) is 24.0. The van der Waals surface area contributed by atoms with E-state index in [1.165, 1.54) is 6.07 Å². The molecule has 0 amide bonds. The summed E-state index contributed by atoms with van der Waals surface area (Å²) in [6.45, 7) is 0. The normalized spacial score (nSPS) is 13.4. The standard InChI is InChI=1S/C30H11F11N4S6/c31-27(32)48-19-9-11(1-3-13(19)28(33,34)35)15-5-7-17(46-15)21-23-25(44-50-42-23)22(26-24(21)43-51-45-26)18-8-6-16(47-18)12-2-4-14(29(36,37)38)20(10-12)49-30(39,40)41/h1-10,27H. The summed E-state index contributed by atoms with van der Waals surface area (Å²) in [5, 5.41) is 0. The molecule has 51 heavy (non-hydrogen) atoms. The molecular formula is C30H11F11N4S6. The molecule has 4 nitrogen and oxygen atoms in total. The fraction of sp³-hybridized carbons (Fsp3) is 0.133. The molecule has 4 heterocycles. The van der Waals surface area contributed by atoms with Crippen LogP contribution in [0, 0.1) is 0 Å². The largest absolute Gasteiger partial charge is 0.446 e. The zero-order chi connectivity index (χ0) is 36.5. The Hall–Kier alpha value is -3.37. The summed E-state index contributed by atoms with van der Waals surface area (Å²) in [6.07, 6.45) is -9.83. The summed E-state index contributed by atoms with van der Waals surface area (Å²) in [7, 11) is 0. The average Bonchev–Trinajstić information content (AvgIpc) is 3.84. The Balaban J connectivity index is 1.29. The maximum absolute atomic E-state index is 13.5. The van der Waals surface area contributed by atoms with Crippen molar-refractivity contribution in [3.05, 3.63) is 71.8 Å². The maximum Gasteiger partial charge on any atom is 0.446 e. The molecule has 0 bridgehead atoms. The third-order valence-corrected chi connectivity index (χ3v) is 12.1. The van der Waals surface area contributed by atoms with E-state index >= 15 is 0 Å². The molecule has 3 aromatic carbocycles. The van der Waals surface area contributed by atoms with Gasteiger partial charge < -0.3 is 0 Å². The lowest BCUT2D eigenvalue weighted by Crippen LogP contribution is -2.09. The van der Waals surface area contributed by atoms with E-state index in [-0.39, 0.29) is 22.9 Å². The minimum Gasteiger partial charge on any atom is -0.198 e. The van der Waals surface area contributed by atoms with Gasteiger partial charge in [-0.1, -0.05) is 23.9 Å². The van der Waals surface area contributed by atoms with Crippen LogP contribution in [0.15, 0.2) is 79.2 Å². The summed E-state index contributed by atoms with van der Waals surface area (Å²) in [6, 6.07) is 12.1. The number of hydrogen-bond acceptors (Lipinski definition) is 9. The van der Waals surface area contributed by atoms with Gasteiger partial charge in [-0.15, -0.1) is 22.7 Å². The molecule has 0 spiro atoms. The molecular weight excluding hydrogens is 818 g/mol. The second kappa shape index (κ2) is 13.2. The van der Waals surface area contributed by atoms with Crippen molar-refractivity contribution >= 4 is 91.7 Å². The molecule has 0 radical (unpaired) electrons. The number of thioether (sulfide) groups is 2. The van der Waals surface area contributed by atoms with E-state index in [0.29, 0.717) is 59.1 Å². The molecule has 0 saturated carbocycles. The fourth-order valence-electron chi connectivity index (χ4n) is 5.20. The molecule has 0 saturated heterocycles. The third kappa shape index (κ3) is 7.19. The zero-order valence-corrected chi connectivity index (χ0v) is 29.1. The SMILES string of the molecule is FC(F)Sc1cc(-c2ccc(-c3c4c(c(-c5ccc(-c6ccc(C(F)(F)F)c(SC(F)(F)F)c6)s5)c5nsnc35)N=S=N4)s2)ccc1C(F)(F)F. The number of fused-ring (bicyclic) bond motifs is 2. The lowest BCUT2D eigenvalue weighted by Gasteiger charge is -2.15. The van der Waals surface area contributed by atoms with Crippen molar-refractivity contribution in [3.63, 3.8) is 0 Å². The van der Waals surface area contributed by atoms with Gasteiger partial charge in [0.05, 0.1) is 34.2 Å². The summed E-state index contributed by atoms with van der Waals surface area (Å²) < 4.78 is 165. The topological polar surface area (TPSA) is 50.5 Å². The van der Waals surface area contributed by atoms with E-state index in [2.05, 4.69) is 17.5 Å². The number of hydrogen-bond donors (Lipinski definition) is 0. The Kier molecular flexibility index (Phi) is 9.35. The van der Waals surface area contributed by atoms with E-state index in [1.807, 2.05) is 0 Å². The predicted molar refractivity (Wildman–Crippen MR) is 180 cm³/mol. The smallest absolute Gasteiger partial charge is 0.198 e. The van der Waals surface area contributed by atoms with Crippen LogP contribution in [-0.4, -0.2) is 20.0 Å². The third-order valence-electron chi connectivity index (χ3n) is 7.21. The fourth-order valence-corrected chi connectivity index (χ4v) is 9.85. The van der Waals surface area contributed by atoms with Crippen LogP contribution < -0.4 is 0 Å². The highest BCUT2D eigenvalue weighted by Crippen LogP contribution is 2.55. The molecule has 21 heteroatoms. The molecule has 3 aromatic heterocycles. The lowest BCUT2D eigenvalue weighted by molar-refractivity contribution is -0.140. The van der Waals surface area contributed by atoms with Crippen molar-refractivity contribution in [1.29, 1.82) is 0 Å². The number of aromatic nitrogens is 2. The van der Waals surface area contributed by atoms with Crippen molar-refractivity contribution in [2.24, 2.45) is 8.73 Å². The van der Waals surface area contributed by atoms with E-state index < -0.39 is 56.3 Å². The van der Waals surface area contributed by atoms with E-state index in [9.17, 15) is 48.3 Å². The van der Waals surface area contributed by atoms with Crippen molar-refractivity contribution in [3.8, 4) is 41.8 Å². The van der Waals surface area contributed by atoms with Gasteiger partial charge in [0.15, 0.2) is 0 Å². The minimum absolute atomic E-state index is 0.132. The quantitative estimate of drug-likeness (QED) is 0.119. The Bertz CT molecular complexity index is 2380. The molecule has 0 atom stereocenters. The van der Waals surface area contributed by atoms with Crippen LogP contribution in [0.25, 0.3) is 52.8 Å². The van der Waals surface area contributed by atoms with Crippen LogP contribution in [0.5, 0.6) is 0 Å². The molecule has 0 unspecified atom stereocenters. The maximum atomic E-state index is 13.5. The predicted octanol–water partition coefficient (Wildman–Crippen LogP) is 14.2. The molecule has 1 aliphatic rings.